The molecule has 0 spiro atoms. The third kappa shape index (κ3) is 2.99. The predicted molar refractivity (Wildman–Crippen MR) is 81.3 cm³/mol. The van der Waals surface area contributed by atoms with Gasteiger partial charge in [0.25, 0.3) is 0 Å². The van der Waals surface area contributed by atoms with E-state index in [4.69, 9.17) is 10.3 Å². The summed E-state index contributed by atoms with van der Waals surface area (Å²) in [6.07, 6.45) is 2.02. The van der Waals surface area contributed by atoms with E-state index in [-0.39, 0.29) is 12.5 Å². The molecule has 2 aromatic rings. The molecule has 0 fully saturated rings. The molecule has 3 N–H and O–H groups in total. The van der Waals surface area contributed by atoms with Gasteiger partial charge in [-0.05, 0) is 43.5 Å². The van der Waals surface area contributed by atoms with Crippen molar-refractivity contribution in [1.82, 2.24) is 5.16 Å². The van der Waals surface area contributed by atoms with E-state index in [1.807, 2.05) is 25.1 Å². The second-order valence-corrected chi connectivity index (χ2v) is 5.29. The Morgan fingerprint density at radius 3 is 3.10 bits per heavy atom. The van der Waals surface area contributed by atoms with Crippen LogP contribution >= 0.6 is 0 Å². The molecule has 0 aliphatic carbocycles. The van der Waals surface area contributed by atoms with Gasteiger partial charge in [-0.1, -0.05) is 5.16 Å². The molecule has 21 heavy (non-hydrogen) atoms. The van der Waals surface area contributed by atoms with Gasteiger partial charge in [0.05, 0.1) is 12.2 Å². The van der Waals surface area contributed by atoms with E-state index in [1.165, 1.54) is 5.56 Å². The lowest BCUT2D eigenvalue weighted by molar-refractivity contribution is -0.115. The highest BCUT2D eigenvalue weighted by molar-refractivity contribution is 5.93. The van der Waals surface area contributed by atoms with Crippen molar-refractivity contribution in [3.63, 3.8) is 0 Å². The van der Waals surface area contributed by atoms with Crippen LogP contribution in [0.2, 0.25) is 0 Å². The minimum absolute atomic E-state index is 0.115. The highest BCUT2D eigenvalue weighted by Crippen LogP contribution is 2.28. The van der Waals surface area contributed by atoms with Gasteiger partial charge in [-0.15, -0.1) is 0 Å². The number of nitrogens with one attached hydrogen (secondary N) is 1. The van der Waals surface area contributed by atoms with Crippen molar-refractivity contribution < 1.29 is 9.32 Å². The first kappa shape index (κ1) is 13.5. The van der Waals surface area contributed by atoms with Gasteiger partial charge in [0.15, 0.2) is 0 Å². The standard InChI is InChI=1S/C15H18N4O2/c1-10-7-15(21-18-10)17-14(20)9-19-6-2-3-11-8-12(16)4-5-13(11)19/h4-5,7-8H,2-3,6,9,16H2,1H3,(H,17,20). The average Bonchev–Trinajstić information content (AvgIpc) is 2.83. The molecule has 1 aromatic heterocycles. The van der Waals surface area contributed by atoms with Crippen LogP contribution in [0.5, 0.6) is 0 Å². The van der Waals surface area contributed by atoms with Crippen LogP contribution in [0.3, 0.4) is 0 Å². The Morgan fingerprint density at radius 1 is 1.48 bits per heavy atom. The summed E-state index contributed by atoms with van der Waals surface area (Å²) in [5.74, 6) is 0.267. The van der Waals surface area contributed by atoms with Crippen LogP contribution in [0.25, 0.3) is 0 Å². The summed E-state index contributed by atoms with van der Waals surface area (Å²) in [5.41, 5.74) is 9.60. The molecule has 1 aliphatic rings. The van der Waals surface area contributed by atoms with Gasteiger partial charge in [-0.25, -0.2) is 0 Å². The summed E-state index contributed by atoms with van der Waals surface area (Å²) in [6.45, 7) is 2.96. The molecule has 1 aromatic carbocycles. The van der Waals surface area contributed by atoms with Crippen LogP contribution in [0.15, 0.2) is 28.8 Å². The van der Waals surface area contributed by atoms with Crippen LogP contribution in [-0.2, 0) is 11.2 Å². The SMILES string of the molecule is Cc1cc(NC(=O)CN2CCCc3cc(N)ccc32)on1. The highest BCUT2D eigenvalue weighted by atomic mass is 16.5. The zero-order valence-corrected chi connectivity index (χ0v) is 11.9. The molecule has 1 amide bonds. The number of hydrogen-bond donors (Lipinski definition) is 2. The maximum Gasteiger partial charge on any atom is 0.246 e. The van der Waals surface area contributed by atoms with E-state index in [0.717, 1.165) is 36.5 Å². The van der Waals surface area contributed by atoms with E-state index in [9.17, 15) is 4.79 Å². The molecule has 6 heteroatoms. The number of nitrogens with two attached hydrogens (primary N) is 1. The van der Waals surface area contributed by atoms with Crippen molar-refractivity contribution in [3.8, 4) is 0 Å². The Bertz CT molecular complexity index is 665. The minimum Gasteiger partial charge on any atom is -0.399 e. The number of aryl methyl sites for hydroxylation is 2. The second-order valence-electron chi connectivity index (χ2n) is 5.29. The summed E-state index contributed by atoms with van der Waals surface area (Å²) < 4.78 is 4.99. The Balaban J connectivity index is 1.70. The monoisotopic (exact) mass is 286 g/mol. The third-order valence-corrected chi connectivity index (χ3v) is 3.54. The van der Waals surface area contributed by atoms with Gasteiger partial charge in [-0.3, -0.25) is 10.1 Å². The molecule has 6 nitrogen and oxygen atoms in total. The lowest BCUT2D eigenvalue weighted by Gasteiger charge is -2.30. The summed E-state index contributed by atoms with van der Waals surface area (Å²) in [5, 5.41) is 6.46. The Hall–Kier alpha value is -2.50. The molecule has 0 saturated carbocycles. The molecule has 0 atom stereocenters. The van der Waals surface area contributed by atoms with Crippen LogP contribution < -0.4 is 16.0 Å². The van der Waals surface area contributed by atoms with Crippen LogP contribution in [-0.4, -0.2) is 24.2 Å². The van der Waals surface area contributed by atoms with Gasteiger partial charge in [0.2, 0.25) is 11.8 Å². The summed E-state index contributed by atoms with van der Waals surface area (Å²) in [4.78, 5) is 14.2. The molecule has 0 radical (unpaired) electrons. The maximum atomic E-state index is 12.1. The van der Waals surface area contributed by atoms with Crippen LogP contribution in [0.1, 0.15) is 17.7 Å². The van der Waals surface area contributed by atoms with E-state index in [1.54, 1.807) is 6.07 Å². The quantitative estimate of drug-likeness (QED) is 0.843. The van der Waals surface area contributed by atoms with Crippen molar-refractivity contribution in [1.29, 1.82) is 0 Å². The van der Waals surface area contributed by atoms with Crippen molar-refractivity contribution in [2.75, 3.05) is 29.0 Å². The second kappa shape index (κ2) is 5.47. The zero-order valence-electron chi connectivity index (χ0n) is 11.9. The number of rotatable bonds is 3. The zero-order chi connectivity index (χ0) is 14.8. The molecule has 0 saturated heterocycles. The lowest BCUT2D eigenvalue weighted by atomic mass is 10.0. The first-order valence-electron chi connectivity index (χ1n) is 6.98. The number of nitrogens with zero attached hydrogens (tertiary/aromatic N) is 2. The Morgan fingerprint density at radius 2 is 2.33 bits per heavy atom. The molecule has 2 heterocycles. The van der Waals surface area contributed by atoms with Gasteiger partial charge < -0.3 is 15.2 Å². The van der Waals surface area contributed by atoms with E-state index < -0.39 is 0 Å². The first-order valence-corrected chi connectivity index (χ1v) is 6.98. The number of carbonyl (C=O) groups is 1. The van der Waals surface area contributed by atoms with Crippen molar-refractivity contribution >= 4 is 23.2 Å². The number of hydrogen-bond acceptors (Lipinski definition) is 5. The minimum atomic E-state index is -0.115. The van der Waals surface area contributed by atoms with Gasteiger partial charge in [0, 0.05) is 24.0 Å². The fourth-order valence-electron chi connectivity index (χ4n) is 2.63. The van der Waals surface area contributed by atoms with Crippen LogP contribution in [0.4, 0.5) is 17.3 Å². The highest BCUT2D eigenvalue weighted by Gasteiger charge is 2.19. The van der Waals surface area contributed by atoms with E-state index in [2.05, 4.69) is 15.4 Å². The predicted octanol–water partition coefficient (Wildman–Crippen LogP) is 1.96. The number of anilines is 3. The average molecular weight is 286 g/mol. The molecule has 0 unspecified atom stereocenters. The van der Waals surface area contributed by atoms with Crippen LogP contribution in [0, 0.1) is 6.92 Å². The molecule has 1 aliphatic heterocycles. The normalized spacial score (nSPS) is 13.9. The molecular weight excluding hydrogens is 268 g/mol. The molecule has 3 rings (SSSR count). The van der Waals surface area contributed by atoms with Gasteiger partial charge in [0.1, 0.15) is 0 Å². The number of carbonyl (C=O) groups excluding carboxylic acids is 1. The lowest BCUT2D eigenvalue weighted by Crippen LogP contribution is -2.36. The summed E-state index contributed by atoms with van der Waals surface area (Å²) >= 11 is 0. The number of fused-ring (bicyclic) bond motifs is 1. The number of benzene rings is 1. The fraction of sp³-hybridized carbons (Fsp3) is 0.333. The summed E-state index contributed by atoms with van der Waals surface area (Å²) in [7, 11) is 0. The van der Waals surface area contributed by atoms with Gasteiger partial charge >= 0.3 is 0 Å². The van der Waals surface area contributed by atoms with Crippen molar-refractivity contribution in [2.45, 2.75) is 19.8 Å². The topological polar surface area (TPSA) is 84.4 Å². The Kier molecular flexibility index (Phi) is 3.51. The molecule has 0 bridgehead atoms. The number of amides is 1. The van der Waals surface area contributed by atoms with Gasteiger partial charge in [-0.2, -0.15) is 0 Å². The summed E-state index contributed by atoms with van der Waals surface area (Å²) in [6, 6.07) is 7.53. The number of nitrogen functional groups attached to an aromatic ring is 1. The third-order valence-electron chi connectivity index (χ3n) is 3.54. The first-order chi connectivity index (χ1) is 10.1. The van der Waals surface area contributed by atoms with E-state index >= 15 is 0 Å². The molecular formula is C15H18N4O2. The molecule has 110 valence electrons. The smallest absolute Gasteiger partial charge is 0.246 e. The van der Waals surface area contributed by atoms with Crippen molar-refractivity contribution in [3.05, 3.63) is 35.5 Å². The fourth-order valence-corrected chi connectivity index (χ4v) is 2.63. The van der Waals surface area contributed by atoms with E-state index in [0.29, 0.717) is 5.88 Å². The maximum absolute atomic E-state index is 12.1. The largest absolute Gasteiger partial charge is 0.399 e. The number of aromatic nitrogens is 1. The van der Waals surface area contributed by atoms with Crippen molar-refractivity contribution in [2.24, 2.45) is 0 Å². The Labute approximate surface area is 122 Å².